The summed E-state index contributed by atoms with van der Waals surface area (Å²) in [5.74, 6) is -0.0452. The number of aromatic amines is 1. The van der Waals surface area contributed by atoms with E-state index in [4.69, 9.17) is 0 Å². The summed E-state index contributed by atoms with van der Waals surface area (Å²) in [6, 6.07) is 7.40. The van der Waals surface area contributed by atoms with Gasteiger partial charge in [0.15, 0.2) is 0 Å². The molecule has 3 aromatic rings. The molecule has 20 heavy (non-hydrogen) atoms. The van der Waals surface area contributed by atoms with Gasteiger partial charge in [0.05, 0.1) is 11.4 Å². The molecular formula is C14H13N5O. The van der Waals surface area contributed by atoms with Crippen molar-refractivity contribution < 1.29 is 4.79 Å². The van der Waals surface area contributed by atoms with E-state index in [1.54, 1.807) is 12.1 Å². The van der Waals surface area contributed by atoms with E-state index in [9.17, 15) is 4.79 Å². The highest BCUT2D eigenvalue weighted by Crippen LogP contribution is 2.15. The second kappa shape index (κ2) is 4.73. The number of nitrogens with one attached hydrogen (secondary N) is 2. The van der Waals surface area contributed by atoms with Crippen LogP contribution in [0.4, 0.5) is 5.95 Å². The van der Waals surface area contributed by atoms with E-state index in [-0.39, 0.29) is 11.9 Å². The Morgan fingerprint density at radius 1 is 1.15 bits per heavy atom. The Hall–Kier alpha value is -2.76. The van der Waals surface area contributed by atoms with Crippen molar-refractivity contribution in [3.63, 3.8) is 0 Å². The molecule has 6 heteroatoms. The van der Waals surface area contributed by atoms with Gasteiger partial charge in [0.25, 0.3) is 5.91 Å². The summed E-state index contributed by atoms with van der Waals surface area (Å²) < 4.78 is 0. The third kappa shape index (κ3) is 2.23. The number of hydrogen-bond acceptors (Lipinski definition) is 4. The maximum Gasteiger partial charge on any atom is 0.258 e. The number of aromatic nitrogens is 4. The van der Waals surface area contributed by atoms with Gasteiger partial charge in [-0.15, -0.1) is 5.10 Å². The van der Waals surface area contributed by atoms with E-state index in [0.29, 0.717) is 5.56 Å². The van der Waals surface area contributed by atoms with Gasteiger partial charge in [0.1, 0.15) is 0 Å². The number of hydrogen-bond donors (Lipinski definition) is 2. The van der Waals surface area contributed by atoms with Gasteiger partial charge in [0, 0.05) is 17.3 Å². The van der Waals surface area contributed by atoms with Crippen LogP contribution in [0.2, 0.25) is 0 Å². The SMILES string of the molecule is Cc1nnc(NC(=O)c2ccc3cc[nH]c3c2)nc1C. The van der Waals surface area contributed by atoms with Gasteiger partial charge >= 0.3 is 0 Å². The van der Waals surface area contributed by atoms with Crippen LogP contribution < -0.4 is 5.32 Å². The Kier molecular flexibility index (Phi) is 2.90. The molecule has 0 saturated carbocycles. The van der Waals surface area contributed by atoms with Gasteiger partial charge in [-0.3, -0.25) is 10.1 Å². The minimum absolute atomic E-state index is 0.213. The van der Waals surface area contributed by atoms with E-state index in [0.717, 1.165) is 22.3 Å². The van der Waals surface area contributed by atoms with Crippen LogP contribution in [0, 0.1) is 13.8 Å². The number of H-pyrrole nitrogens is 1. The Morgan fingerprint density at radius 2 is 2.00 bits per heavy atom. The predicted molar refractivity (Wildman–Crippen MR) is 75.6 cm³/mol. The molecule has 2 aromatic heterocycles. The average molecular weight is 267 g/mol. The standard InChI is InChI=1S/C14H13N5O/c1-8-9(2)18-19-14(16-8)17-13(20)11-4-3-10-5-6-15-12(10)7-11/h3-7,15H,1-2H3,(H,16,17,19,20). The molecular weight excluding hydrogens is 254 g/mol. The van der Waals surface area contributed by atoms with Crippen LogP contribution in [0.1, 0.15) is 21.7 Å². The van der Waals surface area contributed by atoms with Crippen molar-refractivity contribution in [1.82, 2.24) is 20.2 Å². The smallest absolute Gasteiger partial charge is 0.258 e. The van der Waals surface area contributed by atoms with Gasteiger partial charge in [0.2, 0.25) is 5.95 Å². The Balaban J connectivity index is 1.86. The molecule has 0 fully saturated rings. The van der Waals surface area contributed by atoms with Crippen LogP contribution in [0.25, 0.3) is 10.9 Å². The van der Waals surface area contributed by atoms with E-state index in [2.05, 4.69) is 25.5 Å². The molecule has 100 valence electrons. The summed E-state index contributed by atoms with van der Waals surface area (Å²) in [7, 11) is 0. The summed E-state index contributed by atoms with van der Waals surface area (Å²) in [6.07, 6.45) is 1.84. The Labute approximate surface area is 115 Å². The number of fused-ring (bicyclic) bond motifs is 1. The van der Waals surface area contributed by atoms with Crippen molar-refractivity contribution in [3.05, 3.63) is 47.4 Å². The van der Waals surface area contributed by atoms with Gasteiger partial charge in [-0.05, 0) is 37.4 Å². The minimum atomic E-state index is -0.258. The van der Waals surface area contributed by atoms with E-state index >= 15 is 0 Å². The molecule has 0 unspecified atom stereocenters. The van der Waals surface area contributed by atoms with Crippen LogP contribution in [-0.4, -0.2) is 26.1 Å². The number of carbonyl (C=O) groups is 1. The van der Waals surface area contributed by atoms with Crippen molar-refractivity contribution >= 4 is 22.8 Å². The molecule has 0 aliphatic rings. The fourth-order valence-electron chi connectivity index (χ4n) is 1.87. The van der Waals surface area contributed by atoms with Crippen LogP contribution in [-0.2, 0) is 0 Å². The van der Waals surface area contributed by atoms with E-state index < -0.39 is 0 Å². The number of rotatable bonds is 2. The third-order valence-corrected chi connectivity index (χ3v) is 3.13. The highest BCUT2D eigenvalue weighted by Gasteiger charge is 2.10. The molecule has 2 heterocycles. The quantitative estimate of drug-likeness (QED) is 0.745. The second-order valence-electron chi connectivity index (χ2n) is 4.54. The zero-order valence-corrected chi connectivity index (χ0v) is 11.1. The fourth-order valence-corrected chi connectivity index (χ4v) is 1.87. The van der Waals surface area contributed by atoms with Crippen molar-refractivity contribution in [2.24, 2.45) is 0 Å². The number of aryl methyl sites for hydroxylation is 2. The zero-order valence-electron chi connectivity index (χ0n) is 11.1. The van der Waals surface area contributed by atoms with E-state index in [1.165, 1.54) is 0 Å². The molecule has 0 bridgehead atoms. The maximum absolute atomic E-state index is 12.1. The van der Waals surface area contributed by atoms with E-state index in [1.807, 2.05) is 32.2 Å². The van der Waals surface area contributed by atoms with Gasteiger partial charge in [-0.25, -0.2) is 4.98 Å². The third-order valence-electron chi connectivity index (χ3n) is 3.13. The van der Waals surface area contributed by atoms with Crippen LogP contribution in [0.3, 0.4) is 0 Å². The lowest BCUT2D eigenvalue weighted by atomic mass is 10.1. The first-order valence-electron chi connectivity index (χ1n) is 6.20. The van der Waals surface area contributed by atoms with Crippen LogP contribution in [0.15, 0.2) is 30.5 Å². The van der Waals surface area contributed by atoms with Gasteiger partial charge < -0.3 is 4.98 Å². The molecule has 2 N–H and O–H groups in total. The minimum Gasteiger partial charge on any atom is -0.361 e. The molecule has 1 amide bonds. The largest absolute Gasteiger partial charge is 0.361 e. The summed E-state index contributed by atoms with van der Waals surface area (Å²) in [5.41, 5.74) is 2.95. The average Bonchev–Trinajstić information content (AvgIpc) is 2.90. The summed E-state index contributed by atoms with van der Waals surface area (Å²) in [6.45, 7) is 3.64. The van der Waals surface area contributed by atoms with Gasteiger partial charge in [-0.1, -0.05) is 6.07 Å². The first-order valence-corrected chi connectivity index (χ1v) is 6.20. The lowest BCUT2D eigenvalue weighted by molar-refractivity contribution is 0.102. The van der Waals surface area contributed by atoms with Crippen molar-refractivity contribution in [2.75, 3.05) is 5.32 Å². The monoisotopic (exact) mass is 267 g/mol. The lowest BCUT2D eigenvalue weighted by Crippen LogP contribution is -2.15. The van der Waals surface area contributed by atoms with Crippen LogP contribution in [0.5, 0.6) is 0 Å². The Bertz CT molecular complexity index is 793. The molecule has 0 radical (unpaired) electrons. The zero-order chi connectivity index (χ0) is 14.1. The number of benzene rings is 1. The van der Waals surface area contributed by atoms with Crippen molar-refractivity contribution in [2.45, 2.75) is 13.8 Å². The molecule has 6 nitrogen and oxygen atoms in total. The number of nitrogens with zero attached hydrogens (tertiary/aromatic N) is 3. The lowest BCUT2D eigenvalue weighted by Gasteiger charge is -2.05. The number of anilines is 1. The number of amides is 1. The number of carbonyl (C=O) groups excluding carboxylic acids is 1. The second-order valence-corrected chi connectivity index (χ2v) is 4.54. The highest BCUT2D eigenvalue weighted by atomic mass is 16.1. The molecule has 1 aromatic carbocycles. The molecule has 0 atom stereocenters. The van der Waals surface area contributed by atoms with Crippen molar-refractivity contribution in [3.8, 4) is 0 Å². The topological polar surface area (TPSA) is 83.6 Å². The predicted octanol–water partition coefficient (Wildman–Crippen LogP) is 2.22. The first kappa shape index (κ1) is 12.3. The summed E-state index contributed by atoms with van der Waals surface area (Å²) in [5, 5.41) is 11.5. The fraction of sp³-hybridized carbons (Fsp3) is 0.143. The first-order chi connectivity index (χ1) is 9.63. The summed E-state index contributed by atoms with van der Waals surface area (Å²) >= 11 is 0. The molecule has 0 spiro atoms. The molecule has 0 aliphatic carbocycles. The Morgan fingerprint density at radius 3 is 2.80 bits per heavy atom. The van der Waals surface area contributed by atoms with Gasteiger partial charge in [-0.2, -0.15) is 5.10 Å². The normalized spacial score (nSPS) is 10.7. The molecule has 0 saturated heterocycles. The molecule has 3 rings (SSSR count). The van der Waals surface area contributed by atoms with Crippen molar-refractivity contribution in [1.29, 1.82) is 0 Å². The highest BCUT2D eigenvalue weighted by molar-refractivity contribution is 6.05. The molecule has 0 aliphatic heterocycles. The van der Waals surface area contributed by atoms with Crippen LogP contribution >= 0.6 is 0 Å². The maximum atomic E-state index is 12.1. The summed E-state index contributed by atoms with van der Waals surface area (Å²) in [4.78, 5) is 19.4.